The number of fused-ring (bicyclic) bond motifs is 1. The molecule has 2 aromatic rings. The largest absolute Gasteiger partial charge is 0.469 e. The average Bonchev–Trinajstić information content (AvgIpc) is 3.09. The van der Waals surface area contributed by atoms with E-state index in [4.69, 9.17) is 4.74 Å². The first-order valence-electron chi connectivity index (χ1n) is 6.99. The van der Waals surface area contributed by atoms with Crippen LogP contribution >= 0.6 is 39.0 Å². The minimum absolute atomic E-state index is 0.00185. The fourth-order valence-electron chi connectivity index (χ4n) is 3.35. The molecule has 2 saturated heterocycles. The number of thioether (sulfide) groups is 1. The Hall–Kier alpha value is -0.860. The van der Waals surface area contributed by atoms with Crippen molar-refractivity contribution < 1.29 is 9.53 Å². The molecule has 4 heterocycles. The van der Waals surface area contributed by atoms with Crippen LogP contribution in [0.4, 0.5) is 5.82 Å². The van der Waals surface area contributed by atoms with Gasteiger partial charge in [-0.15, -0.1) is 11.3 Å². The molecule has 1 spiro atoms. The van der Waals surface area contributed by atoms with E-state index in [1.165, 1.54) is 7.11 Å². The monoisotopic (exact) mass is 399 g/mol. The van der Waals surface area contributed by atoms with Crippen molar-refractivity contribution in [3.8, 4) is 0 Å². The van der Waals surface area contributed by atoms with Gasteiger partial charge in [-0.25, -0.2) is 9.97 Å². The molecule has 0 aliphatic carbocycles. The van der Waals surface area contributed by atoms with Crippen LogP contribution in [0.15, 0.2) is 16.2 Å². The van der Waals surface area contributed by atoms with Crippen LogP contribution in [-0.2, 0) is 9.53 Å². The van der Waals surface area contributed by atoms with Crippen LogP contribution in [0, 0.1) is 5.92 Å². The number of anilines is 1. The molecule has 0 saturated carbocycles. The van der Waals surface area contributed by atoms with E-state index in [1.807, 2.05) is 17.1 Å². The van der Waals surface area contributed by atoms with Gasteiger partial charge in [-0.3, -0.25) is 4.79 Å². The number of ether oxygens (including phenoxy) is 1. The maximum absolute atomic E-state index is 12.0. The van der Waals surface area contributed by atoms with E-state index in [9.17, 15) is 4.79 Å². The standard InChI is InChI=1S/C14H14BrN3O2S2/c1-20-13(19)8-2-3-22-14(8)5-18(6-14)11-10-9(15)4-21-12(10)17-7-16-11/h4,7-8H,2-3,5-6H2,1H3. The first-order valence-corrected chi connectivity index (χ1v) is 9.65. The van der Waals surface area contributed by atoms with Crippen LogP contribution in [0.2, 0.25) is 0 Å². The molecule has 2 aliphatic rings. The quantitative estimate of drug-likeness (QED) is 0.723. The number of thiophene rings is 1. The number of carbonyl (C=O) groups excluding carboxylic acids is 1. The van der Waals surface area contributed by atoms with Crippen molar-refractivity contribution >= 4 is 61.0 Å². The lowest BCUT2D eigenvalue weighted by atomic mass is 9.83. The van der Waals surface area contributed by atoms with Crippen LogP contribution in [0.5, 0.6) is 0 Å². The Morgan fingerprint density at radius 3 is 3.09 bits per heavy atom. The highest BCUT2D eigenvalue weighted by molar-refractivity contribution is 9.10. The summed E-state index contributed by atoms with van der Waals surface area (Å²) < 4.78 is 6.01. The highest BCUT2D eigenvalue weighted by Gasteiger charge is 2.56. The van der Waals surface area contributed by atoms with Crippen molar-refractivity contribution in [2.75, 3.05) is 30.9 Å². The molecule has 116 valence electrons. The van der Waals surface area contributed by atoms with Crippen molar-refractivity contribution in [1.29, 1.82) is 0 Å². The molecule has 0 aromatic carbocycles. The highest BCUT2D eigenvalue weighted by atomic mass is 79.9. The minimum atomic E-state index is -0.0748. The van der Waals surface area contributed by atoms with E-state index in [-0.39, 0.29) is 16.6 Å². The molecule has 22 heavy (non-hydrogen) atoms. The highest BCUT2D eigenvalue weighted by Crippen LogP contribution is 2.51. The molecule has 2 fully saturated rings. The lowest BCUT2D eigenvalue weighted by Crippen LogP contribution is -2.63. The molecule has 8 heteroatoms. The molecule has 5 nitrogen and oxygen atoms in total. The Labute approximate surface area is 144 Å². The van der Waals surface area contributed by atoms with E-state index in [0.717, 1.165) is 45.8 Å². The molecule has 2 aromatic heterocycles. The van der Waals surface area contributed by atoms with Gasteiger partial charge in [0.25, 0.3) is 0 Å². The van der Waals surface area contributed by atoms with Crippen molar-refractivity contribution in [2.45, 2.75) is 11.2 Å². The average molecular weight is 400 g/mol. The van der Waals surface area contributed by atoms with Crippen molar-refractivity contribution in [1.82, 2.24) is 9.97 Å². The second kappa shape index (κ2) is 5.35. The summed E-state index contributed by atoms with van der Waals surface area (Å²) >= 11 is 7.09. The summed E-state index contributed by atoms with van der Waals surface area (Å²) in [4.78, 5) is 24.0. The molecule has 1 atom stereocenters. The predicted molar refractivity (Wildman–Crippen MR) is 92.6 cm³/mol. The smallest absolute Gasteiger partial charge is 0.310 e. The Kier molecular flexibility index (Phi) is 3.58. The van der Waals surface area contributed by atoms with Crippen LogP contribution in [0.3, 0.4) is 0 Å². The van der Waals surface area contributed by atoms with E-state index >= 15 is 0 Å². The topological polar surface area (TPSA) is 55.3 Å². The molecule has 0 bridgehead atoms. The van der Waals surface area contributed by atoms with Crippen LogP contribution in [0.1, 0.15) is 6.42 Å². The van der Waals surface area contributed by atoms with Gasteiger partial charge < -0.3 is 9.64 Å². The predicted octanol–water partition coefficient (Wildman–Crippen LogP) is 2.94. The second-order valence-electron chi connectivity index (χ2n) is 5.59. The van der Waals surface area contributed by atoms with Gasteiger partial charge in [-0.2, -0.15) is 11.8 Å². The van der Waals surface area contributed by atoms with Gasteiger partial charge in [0.2, 0.25) is 0 Å². The fourth-order valence-corrected chi connectivity index (χ4v) is 6.55. The Morgan fingerprint density at radius 1 is 1.50 bits per heavy atom. The van der Waals surface area contributed by atoms with Gasteiger partial charge >= 0.3 is 5.97 Å². The van der Waals surface area contributed by atoms with Crippen LogP contribution < -0.4 is 4.90 Å². The number of rotatable bonds is 2. The molecule has 0 radical (unpaired) electrons. The number of nitrogens with zero attached hydrogens (tertiary/aromatic N) is 3. The van der Waals surface area contributed by atoms with Crippen LogP contribution in [0.25, 0.3) is 10.2 Å². The summed E-state index contributed by atoms with van der Waals surface area (Å²) in [5.41, 5.74) is 0. The zero-order valence-electron chi connectivity index (χ0n) is 11.9. The second-order valence-corrected chi connectivity index (χ2v) is 8.82. The molecular weight excluding hydrogens is 386 g/mol. The maximum atomic E-state index is 12.0. The summed E-state index contributed by atoms with van der Waals surface area (Å²) in [5.74, 6) is 1.91. The summed E-state index contributed by atoms with van der Waals surface area (Å²) in [6, 6.07) is 0. The van der Waals surface area contributed by atoms with Gasteiger partial charge in [0.1, 0.15) is 17.0 Å². The summed E-state index contributed by atoms with van der Waals surface area (Å²) in [7, 11) is 1.48. The maximum Gasteiger partial charge on any atom is 0.310 e. The van der Waals surface area contributed by atoms with Crippen molar-refractivity contribution in [3.05, 3.63) is 16.2 Å². The normalized spacial score (nSPS) is 23.0. The van der Waals surface area contributed by atoms with Gasteiger partial charge in [0, 0.05) is 22.9 Å². The summed E-state index contributed by atoms with van der Waals surface area (Å²) in [6.45, 7) is 1.68. The number of esters is 1. The number of methoxy groups -OCH3 is 1. The SMILES string of the molecule is COC(=O)C1CCSC12CN(c1ncnc3scc(Br)c13)C2. The van der Waals surface area contributed by atoms with Gasteiger partial charge in [0.15, 0.2) is 0 Å². The van der Waals surface area contributed by atoms with E-state index in [1.54, 1.807) is 17.7 Å². The summed E-state index contributed by atoms with van der Waals surface area (Å²) in [6.07, 6.45) is 2.53. The molecule has 2 aliphatic heterocycles. The summed E-state index contributed by atoms with van der Waals surface area (Å²) in [5, 5.41) is 3.11. The Bertz CT molecular complexity index is 745. The van der Waals surface area contributed by atoms with E-state index in [2.05, 4.69) is 30.8 Å². The zero-order chi connectivity index (χ0) is 15.3. The first kappa shape index (κ1) is 14.7. The van der Waals surface area contributed by atoms with E-state index < -0.39 is 0 Å². The zero-order valence-corrected chi connectivity index (χ0v) is 15.1. The number of carbonyl (C=O) groups is 1. The van der Waals surface area contributed by atoms with Crippen molar-refractivity contribution in [2.24, 2.45) is 5.92 Å². The first-order chi connectivity index (χ1) is 10.6. The van der Waals surface area contributed by atoms with Crippen LogP contribution in [-0.4, -0.2) is 46.6 Å². The lowest BCUT2D eigenvalue weighted by molar-refractivity contribution is -0.146. The molecule has 0 N–H and O–H groups in total. The number of hydrogen-bond donors (Lipinski definition) is 0. The Morgan fingerprint density at radius 2 is 2.32 bits per heavy atom. The molecule has 1 unspecified atom stereocenters. The van der Waals surface area contributed by atoms with E-state index in [0.29, 0.717) is 0 Å². The molecular formula is C14H14BrN3O2S2. The third-order valence-electron chi connectivity index (χ3n) is 4.44. The van der Waals surface area contributed by atoms with Crippen molar-refractivity contribution in [3.63, 3.8) is 0 Å². The number of halogens is 1. The third-order valence-corrected chi connectivity index (χ3v) is 7.81. The number of aromatic nitrogens is 2. The number of hydrogen-bond acceptors (Lipinski definition) is 7. The minimum Gasteiger partial charge on any atom is -0.469 e. The Balaban J connectivity index is 1.62. The fraction of sp³-hybridized carbons (Fsp3) is 0.500. The lowest BCUT2D eigenvalue weighted by Gasteiger charge is -2.50. The third kappa shape index (κ3) is 2.07. The molecule has 0 amide bonds. The van der Waals surface area contributed by atoms with Gasteiger partial charge in [-0.1, -0.05) is 0 Å². The molecule has 4 rings (SSSR count). The van der Waals surface area contributed by atoms with Gasteiger partial charge in [-0.05, 0) is 28.1 Å². The van der Waals surface area contributed by atoms with Gasteiger partial charge in [0.05, 0.1) is 23.2 Å².